The smallest absolute Gasteiger partial charge is 0.226 e. The van der Waals surface area contributed by atoms with Gasteiger partial charge in [-0.05, 0) is 57.5 Å². The lowest BCUT2D eigenvalue weighted by molar-refractivity contribution is -0.139. The molecule has 108 valence electrons. The maximum absolute atomic E-state index is 12.9. The molecule has 0 spiro atoms. The lowest BCUT2D eigenvalue weighted by Gasteiger charge is -2.37. The lowest BCUT2D eigenvalue weighted by Crippen LogP contribution is -2.47. The summed E-state index contributed by atoms with van der Waals surface area (Å²) >= 11 is 0. The van der Waals surface area contributed by atoms with Crippen molar-refractivity contribution < 1.29 is 4.79 Å². The third kappa shape index (κ3) is 3.50. The highest BCUT2D eigenvalue weighted by Gasteiger charge is 2.35. The third-order valence-corrected chi connectivity index (χ3v) is 5.14. The van der Waals surface area contributed by atoms with Crippen LogP contribution in [0, 0.1) is 11.8 Å². The van der Waals surface area contributed by atoms with Gasteiger partial charge in [-0.2, -0.15) is 0 Å². The normalized spacial score (nSPS) is 26.3. The van der Waals surface area contributed by atoms with Crippen molar-refractivity contribution in [3.05, 3.63) is 0 Å². The first-order chi connectivity index (χ1) is 9.34. The first kappa shape index (κ1) is 13.4. The molecule has 3 aliphatic rings. The number of hydrogen-bond acceptors (Lipinski definition) is 2. The fourth-order valence-corrected chi connectivity index (χ4v) is 3.69. The number of amides is 1. The summed E-state index contributed by atoms with van der Waals surface area (Å²) in [5, 5.41) is 3.37. The molecule has 3 heteroatoms. The predicted octanol–water partition coefficient (Wildman–Crippen LogP) is 2.56. The Morgan fingerprint density at radius 3 is 2.26 bits per heavy atom. The van der Waals surface area contributed by atoms with Gasteiger partial charge in [0.15, 0.2) is 0 Å². The molecule has 3 fully saturated rings. The zero-order valence-corrected chi connectivity index (χ0v) is 12.1. The van der Waals surface area contributed by atoms with Gasteiger partial charge in [0.2, 0.25) is 5.91 Å². The molecule has 1 N–H and O–H groups in total. The van der Waals surface area contributed by atoms with Crippen LogP contribution in [0.15, 0.2) is 0 Å². The Bertz CT molecular complexity index is 302. The van der Waals surface area contributed by atoms with E-state index in [1.807, 2.05) is 0 Å². The second-order valence-electron chi connectivity index (χ2n) is 6.75. The molecule has 2 saturated carbocycles. The van der Waals surface area contributed by atoms with Gasteiger partial charge in [0.1, 0.15) is 0 Å². The van der Waals surface area contributed by atoms with Crippen molar-refractivity contribution in [2.45, 2.75) is 63.8 Å². The highest BCUT2D eigenvalue weighted by atomic mass is 16.2. The molecule has 2 aliphatic carbocycles. The molecule has 0 unspecified atom stereocenters. The van der Waals surface area contributed by atoms with E-state index in [0.717, 1.165) is 38.4 Å². The van der Waals surface area contributed by atoms with Gasteiger partial charge in [0.25, 0.3) is 0 Å². The van der Waals surface area contributed by atoms with E-state index in [9.17, 15) is 4.79 Å². The van der Waals surface area contributed by atoms with Crippen LogP contribution in [-0.4, -0.2) is 36.5 Å². The molecule has 0 aromatic rings. The summed E-state index contributed by atoms with van der Waals surface area (Å²) in [6.07, 6.45) is 11.3. The van der Waals surface area contributed by atoms with E-state index in [4.69, 9.17) is 0 Å². The maximum atomic E-state index is 12.9. The Morgan fingerprint density at radius 2 is 1.63 bits per heavy atom. The van der Waals surface area contributed by atoms with Crippen LogP contribution >= 0.6 is 0 Å². The topological polar surface area (TPSA) is 32.3 Å². The summed E-state index contributed by atoms with van der Waals surface area (Å²) in [4.78, 5) is 15.2. The first-order valence-corrected chi connectivity index (χ1v) is 8.36. The lowest BCUT2D eigenvalue weighted by atomic mass is 9.91. The minimum absolute atomic E-state index is 0.307. The Balaban J connectivity index is 1.63. The summed E-state index contributed by atoms with van der Waals surface area (Å²) in [5.41, 5.74) is 0. The largest absolute Gasteiger partial charge is 0.339 e. The SMILES string of the molecule is O=C(C1CCNCC1)N(CC1CC1)C1CCCCC1. The van der Waals surface area contributed by atoms with Gasteiger partial charge < -0.3 is 10.2 Å². The second-order valence-corrected chi connectivity index (χ2v) is 6.75. The molecule has 0 bridgehead atoms. The molecule has 3 rings (SSSR count). The van der Waals surface area contributed by atoms with Crippen molar-refractivity contribution >= 4 is 5.91 Å². The molecule has 0 aromatic heterocycles. The van der Waals surface area contributed by atoms with Crippen molar-refractivity contribution in [2.24, 2.45) is 11.8 Å². The molecule has 1 aliphatic heterocycles. The molecule has 0 atom stereocenters. The van der Waals surface area contributed by atoms with Gasteiger partial charge in [-0.25, -0.2) is 0 Å². The standard InChI is InChI=1S/C16H28N2O/c19-16(14-8-10-17-11-9-14)18(12-13-6-7-13)15-4-2-1-3-5-15/h13-15,17H,1-12H2. The number of nitrogens with one attached hydrogen (secondary N) is 1. The summed E-state index contributed by atoms with van der Waals surface area (Å²) in [6, 6.07) is 0.566. The van der Waals surface area contributed by atoms with Crippen LogP contribution in [0.4, 0.5) is 0 Å². The number of nitrogens with zero attached hydrogens (tertiary/aromatic N) is 1. The first-order valence-electron chi connectivity index (χ1n) is 8.36. The molecular weight excluding hydrogens is 236 g/mol. The Hall–Kier alpha value is -0.570. The van der Waals surface area contributed by atoms with Gasteiger partial charge in [0, 0.05) is 18.5 Å². The maximum Gasteiger partial charge on any atom is 0.226 e. The van der Waals surface area contributed by atoms with Crippen LogP contribution in [0.25, 0.3) is 0 Å². The number of rotatable bonds is 4. The van der Waals surface area contributed by atoms with Crippen LogP contribution in [0.5, 0.6) is 0 Å². The minimum Gasteiger partial charge on any atom is -0.339 e. The molecule has 19 heavy (non-hydrogen) atoms. The van der Waals surface area contributed by atoms with E-state index in [-0.39, 0.29) is 0 Å². The summed E-state index contributed by atoms with van der Waals surface area (Å²) in [7, 11) is 0. The average molecular weight is 264 g/mol. The van der Waals surface area contributed by atoms with Gasteiger partial charge in [0.05, 0.1) is 0 Å². The molecule has 0 radical (unpaired) electrons. The Kier molecular flexibility index (Phi) is 4.42. The molecule has 3 nitrogen and oxygen atoms in total. The highest BCUT2D eigenvalue weighted by molar-refractivity contribution is 5.79. The predicted molar refractivity (Wildman–Crippen MR) is 76.9 cm³/mol. The van der Waals surface area contributed by atoms with Crippen LogP contribution in [0.3, 0.4) is 0 Å². The zero-order chi connectivity index (χ0) is 13.1. The summed E-state index contributed by atoms with van der Waals surface area (Å²) in [5.74, 6) is 1.62. The second kappa shape index (κ2) is 6.25. The molecule has 1 heterocycles. The van der Waals surface area contributed by atoms with E-state index in [1.165, 1.54) is 44.9 Å². The van der Waals surface area contributed by atoms with Gasteiger partial charge in [-0.1, -0.05) is 19.3 Å². The fourth-order valence-electron chi connectivity index (χ4n) is 3.69. The van der Waals surface area contributed by atoms with E-state index in [0.29, 0.717) is 17.9 Å². The van der Waals surface area contributed by atoms with Crippen LogP contribution in [0.1, 0.15) is 57.8 Å². The van der Waals surface area contributed by atoms with Crippen LogP contribution < -0.4 is 5.32 Å². The van der Waals surface area contributed by atoms with Crippen molar-refractivity contribution in [2.75, 3.05) is 19.6 Å². The summed E-state index contributed by atoms with van der Waals surface area (Å²) in [6.45, 7) is 3.12. The van der Waals surface area contributed by atoms with E-state index in [1.54, 1.807) is 0 Å². The van der Waals surface area contributed by atoms with Crippen LogP contribution in [0.2, 0.25) is 0 Å². The quantitative estimate of drug-likeness (QED) is 0.846. The number of hydrogen-bond donors (Lipinski definition) is 1. The molecule has 0 aromatic carbocycles. The molecule has 1 amide bonds. The monoisotopic (exact) mass is 264 g/mol. The molecular formula is C16H28N2O. The Morgan fingerprint density at radius 1 is 0.947 bits per heavy atom. The molecule has 1 saturated heterocycles. The van der Waals surface area contributed by atoms with Crippen molar-refractivity contribution in [3.63, 3.8) is 0 Å². The zero-order valence-electron chi connectivity index (χ0n) is 12.1. The number of carbonyl (C=O) groups excluding carboxylic acids is 1. The third-order valence-electron chi connectivity index (χ3n) is 5.14. The highest BCUT2D eigenvalue weighted by Crippen LogP contribution is 2.34. The van der Waals surface area contributed by atoms with Crippen LogP contribution in [-0.2, 0) is 4.79 Å². The van der Waals surface area contributed by atoms with Crippen molar-refractivity contribution in [3.8, 4) is 0 Å². The van der Waals surface area contributed by atoms with Crippen molar-refractivity contribution in [1.82, 2.24) is 10.2 Å². The number of carbonyl (C=O) groups is 1. The van der Waals surface area contributed by atoms with Gasteiger partial charge in [-0.15, -0.1) is 0 Å². The van der Waals surface area contributed by atoms with Gasteiger partial charge >= 0.3 is 0 Å². The number of piperidine rings is 1. The average Bonchev–Trinajstić information content (AvgIpc) is 3.30. The van der Waals surface area contributed by atoms with E-state index in [2.05, 4.69) is 10.2 Å². The minimum atomic E-state index is 0.307. The van der Waals surface area contributed by atoms with E-state index >= 15 is 0 Å². The van der Waals surface area contributed by atoms with Crippen molar-refractivity contribution in [1.29, 1.82) is 0 Å². The Labute approximate surface area is 117 Å². The van der Waals surface area contributed by atoms with Gasteiger partial charge in [-0.3, -0.25) is 4.79 Å². The summed E-state index contributed by atoms with van der Waals surface area (Å²) < 4.78 is 0. The van der Waals surface area contributed by atoms with E-state index < -0.39 is 0 Å². The fraction of sp³-hybridized carbons (Fsp3) is 0.938.